The van der Waals surface area contributed by atoms with Crippen LogP contribution in [0.5, 0.6) is 0 Å². The Morgan fingerprint density at radius 2 is 2.29 bits per heavy atom. The number of aromatic carboxylic acids is 1. The van der Waals surface area contributed by atoms with E-state index in [0.717, 1.165) is 37.9 Å². The van der Waals surface area contributed by atoms with Crippen molar-refractivity contribution in [1.29, 1.82) is 0 Å². The van der Waals surface area contributed by atoms with Crippen molar-refractivity contribution in [3.8, 4) is 0 Å². The number of benzene rings is 1. The standard InChI is InChI=1S/C16H19N3O2/c1-18-11-12(10-17-18)6-8-19-7-2-3-13-9-14(16(20)21)4-5-15(13)19/h4-5,9-11H,2-3,6-8H2,1H3,(H,20,21). The maximum Gasteiger partial charge on any atom is 0.335 e. The summed E-state index contributed by atoms with van der Waals surface area (Å²) in [4.78, 5) is 13.4. The number of carboxylic acids is 1. The van der Waals surface area contributed by atoms with E-state index in [4.69, 9.17) is 5.11 Å². The van der Waals surface area contributed by atoms with Gasteiger partial charge in [-0.1, -0.05) is 0 Å². The number of hydrogen-bond acceptors (Lipinski definition) is 3. The van der Waals surface area contributed by atoms with Gasteiger partial charge in [-0.25, -0.2) is 4.79 Å². The molecule has 0 bridgehead atoms. The lowest BCUT2D eigenvalue weighted by Crippen LogP contribution is -2.31. The monoisotopic (exact) mass is 285 g/mol. The largest absolute Gasteiger partial charge is 0.478 e. The van der Waals surface area contributed by atoms with Crippen LogP contribution in [-0.4, -0.2) is 33.9 Å². The quantitative estimate of drug-likeness (QED) is 0.934. The third kappa shape index (κ3) is 2.91. The number of hydrogen-bond donors (Lipinski definition) is 1. The summed E-state index contributed by atoms with van der Waals surface area (Å²) in [5.41, 5.74) is 3.93. The van der Waals surface area contributed by atoms with Gasteiger partial charge in [-0.3, -0.25) is 4.68 Å². The molecule has 3 rings (SSSR count). The minimum atomic E-state index is -0.856. The van der Waals surface area contributed by atoms with Crippen molar-refractivity contribution < 1.29 is 9.90 Å². The first-order valence-electron chi connectivity index (χ1n) is 7.22. The van der Waals surface area contributed by atoms with E-state index in [2.05, 4.69) is 10.00 Å². The molecule has 0 saturated heterocycles. The molecule has 0 aliphatic carbocycles. The van der Waals surface area contributed by atoms with E-state index in [1.165, 1.54) is 11.3 Å². The van der Waals surface area contributed by atoms with Crippen molar-refractivity contribution in [2.75, 3.05) is 18.0 Å². The van der Waals surface area contributed by atoms with Gasteiger partial charge in [0.05, 0.1) is 11.8 Å². The summed E-state index contributed by atoms with van der Waals surface area (Å²) in [7, 11) is 1.92. The average molecular weight is 285 g/mol. The van der Waals surface area contributed by atoms with Gasteiger partial charge in [-0.2, -0.15) is 5.10 Å². The predicted molar refractivity (Wildman–Crippen MR) is 80.8 cm³/mol. The molecule has 1 aromatic heterocycles. The van der Waals surface area contributed by atoms with Crippen LogP contribution in [0.3, 0.4) is 0 Å². The second-order valence-corrected chi connectivity index (χ2v) is 5.51. The Labute approximate surface area is 123 Å². The van der Waals surface area contributed by atoms with Crippen LogP contribution in [0.1, 0.15) is 27.9 Å². The lowest BCUT2D eigenvalue weighted by molar-refractivity contribution is 0.0697. The normalized spacial score (nSPS) is 14.0. The molecule has 0 saturated carbocycles. The summed E-state index contributed by atoms with van der Waals surface area (Å²) in [5, 5.41) is 13.3. The second-order valence-electron chi connectivity index (χ2n) is 5.51. The highest BCUT2D eigenvalue weighted by atomic mass is 16.4. The Bertz CT molecular complexity index is 663. The molecule has 1 aromatic carbocycles. The summed E-state index contributed by atoms with van der Waals surface area (Å²) >= 11 is 0. The molecule has 110 valence electrons. The van der Waals surface area contributed by atoms with E-state index < -0.39 is 5.97 Å². The Kier molecular flexibility index (Phi) is 3.64. The van der Waals surface area contributed by atoms with Gasteiger partial charge in [-0.05, 0) is 48.6 Å². The van der Waals surface area contributed by atoms with Crippen LogP contribution in [0.2, 0.25) is 0 Å². The molecule has 2 heterocycles. The van der Waals surface area contributed by atoms with Crippen LogP contribution in [0.25, 0.3) is 0 Å². The van der Waals surface area contributed by atoms with Gasteiger partial charge >= 0.3 is 5.97 Å². The minimum absolute atomic E-state index is 0.378. The highest BCUT2D eigenvalue weighted by Crippen LogP contribution is 2.28. The topological polar surface area (TPSA) is 58.4 Å². The smallest absolute Gasteiger partial charge is 0.335 e. The van der Waals surface area contributed by atoms with Crippen LogP contribution in [-0.2, 0) is 19.9 Å². The number of nitrogens with zero attached hydrogens (tertiary/aromatic N) is 3. The first-order valence-corrected chi connectivity index (χ1v) is 7.22. The van der Waals surface area contributed by atoms with Crippen molar-refractivity contribution >= 4 is 11.7 Å². The number of carboxylic acid groups (broad SMARTS) is 1. The van der Waals surface area contributed by atoms with Gasteiger partial charge in [-0.15, -0.1) is 0 Å². The molecule has 0 unspecified atom stereocenters. The molecule has 1 aliphatic rings. The van der Waals surface area contributed by atoms with Crippen LogP contribution in [0.4, 0.5) is 5.69 Å². The van der Waals surface area contributed by atoms with Crippen LogP contribution in [0.15, 0.2) is 30.6 Å². The second kappa shape index (κ2) is 5.60. The van der Waals surface area contributed by atoms with Crippen molar-refractivity contribution in [2.45, 2.75) is 19.3 Å². The van der Waals surface area contributed by atoms with Crippen molar-refractivity contribution in [2.24, 2.45) is 7.05 Å². The van der Waals surface area contributed by atoms with Crippen LogP contribution >= 0.6 is 0 Å². The van der Waals surface area contributed by atoms with Gasteiger partial charge in [0.1, 0.15) is 0 Å². The molecule has 1 aliphatic heterocycles. The van der Waals surface area contributed by atoms with E-state index in [-0.39, 0.29) is 0 Å². The Hall–Kier alpha value is -2.30. The van der Waals surface area contributed by atoms with Crippen molar-refractivity contribution in [3.05, 3.63) is 47.3 Å². The molecular weight excluding hydrogens is 266 g/mol. The molecule has 21 heavy (non-hydrogen) atoms. The van der Waals surface area contributed by atoms with E-state index in [0.29, 0.717) is 5.56 Å². The number of anilines is 1. The zero-order valence-corrected chi connectivity index (χ0v) is 12.1. The molecule has 0 atom stereocenters. The zero-order valence-electron chi connectivity index (χ0n) is 12.1. The number of rotatable bonds is 4. The van der Waals surface area contributed by atoms with Gasteiger partial charge in [0.15, 0.2) is 0 Å². The molecule has 5 heteroatoms. The highest BCUT2D eigenvalue weighted by Gasteiger charge is 2.18. The van der Waals surface area contributed by atoms with E-state index >= 15 is 0 Å². The number of carbonyl (C=O) groups is 1. The van der Waals surface area contributed by atoms with Gasteiger partial charge in [0.2, 0.25) is 0 Å². The fourth-order valence-corrected chi connectivity index (χ4v) is 2.91. The Balaban J connectivity index is 1.75. The average Bonchev–Trinajstić information content (AvgIpc) is 2.90. The fraction of sp³-hybridized carbons (Fsp3) is 0.375. The lowest BCUT2D eigenvalue weighted by Gasteiger charge is -2.31. The molecule has 0 fully saturated rings. The van der Waals surface area contributed by atoms with Crippen molar-refractivity contribution in [1.82, 2.24) is 9.78 Å². The maximum absolute atomic E-state index is 11.1. The molecule has 2 aromatic rings. The first-order chi connectivity index (χ1) is 10.1. The number of fused-ring (bicyclic) bond motifs is 1. The summed E-state index contributed by atoms with van der Waals surface area (Å²) in [5.74, 6) is -0.856. The molecule has 5 nitrogen and oxygen atoms in total. The molecule has 0 spiro atoms. The third-order valence-electron chi connectivity index (χ3n) is 3.97. The molecule has 0 radical (unpaired) electrons. The van der Waals surface area contributed by atoms with E-state index in [1.54, 1.807) is 6.07 Å². The van der Waals surface area contributed by atoms with Gasteiger partial charge in [0, 0.05) is 32.0 Å². The predicted octanol–water partition coefficient (Wildman–Crippen LogP) is 2.11. The first kappa shape index (κ1) is 13.7. The number of aromatic nitrogens is 2. The van der Waals surface area contributed by atoms with Gasteiger partial charge < -0.3 is 10.0 Å². The molecule has 1 N–H and O–H groups in total. The summed E-state index contributed by atoms with van der Waals surface area (Å²) in [6, 6.07) is 5.46. The van der Waals surface area contributed by atoms with E-state index in [1.807, 2.05) is 36.3 Å². The SMILES string of the molecule is Cn1cc(CCN2CCCc3cc(C(=O)O)ccc32)cn1. The zero-order chi connectivity index (χ0) is 14.8. The summed E-state index contributed by atoms with van der Waals surface area (Å²) in [6.45, 7) is 1.96. The van der Waals surface area contributed by atoms with Crippen LogP contribution < -0.4 is 4.90 Å². The lowest BCUT2D eigenvalue weighted by atomic mass is 9.99. The minimum Gasteiger partial charge on any atom is -0.478 e. The third-order valence-corrected chi connectivity index (χ3v) is 3.97. The molecular formula is C16H19N3O2. The van der Waals surface area contributed by atoms with Gasteiger partial charge in [0.25, 0.3) is 0 Å². The maximum atomic E-state index is 11.1. The number of aryl methyl sites for hydroxylation is 2. The Morgan fingerprint density at radius 3 is 3.00 bits per heavy atom. The molecule has 0 amide bonds. The Morgan fingerprint density at radius 1 is 1.43 bits per heavy atom. The highest BCUT2D eigenvalue weighted by molar-refractivity contribution is 5.88. The van der Waals surface area contributed by atoms with Crippen molar-refractivity contribution in [3.63, 3.8) is 0 Å². The summed E-state index contributed by atoms with van der Waals surface area (Å²) < 4.78 is 1.82. The van der Waals surface area contributed by atoms with Crippen LogP contribution in [0, 0.1) is 0 Å². The summed E-state index contributed by atoms with van der Waals surface area (Å²) in [6.07, 6.45) is 6.92. The fourth-order valence-electron chi connectivity index (χ4n) is 2.91. The van der Waals surface area contributed by atoms with E-state index in [9.17, 15) is 4.79 Å².